The summed E-state index contributed by atoms with van der Waals surface area (Å²) < 4.78 is 48.3. The number of benzene rings is 3. The van der Waals surface area contributed by atoms with Crippen LogP contribution in [0.3, 0.4) is 0 Å². The van der Waals surface area contributed by atoms with Gasteiger partial charge in [0.25, 0.3) is 0 Å². The molecule has 3 aromatic carbocycles. The maximum Gasteiger partial charge on any atom is 0.426 e. The number of aromatic hydroxyl groups is 1. The molecule has 0 heterocycles. The summed E-state index contributed by atoms with van der Waals surface area (Å²) >= 11 is 0. The fourth-order valence-electron chi connectivity index (χ4n) is 4.82. The second-order valence-electron chi connectivity index (χ2n) is 9.40. The lowest BCUT2D eigenvalue weighted by Crippen LogP contribution is -2.22. The number of rotatable bonds is 6. The van der Waals surface area contributed by atoms with Crippen LogP contribution in [0.25, 0.3) is 11.1 Å². The molecule has 0 unspecified atom stereocenters. The Hall–Kier alpha value is -2.95. The first-order valence-corrected chi connectivity index (χ1v) is 12.0. The number of ether oxygens (including phenoxy) is 1. The van der Waals surface area contributed by atoms with Crippen molar-refractivity contribution in [3.05, 3.63) is 82.7 Å². The van der Waals surface area contributed by atoms with Crippen LogP contribution in [0.5, 0.6) is 11.5 Å². The number of hydrogen-bond acceptors (Lipinski definition) is 2. The molecular formula is C29H31F3O2. The predicted molar refractivity (Wildman–Crippen MR) is 129 cm³/mol. The van der Waals surface area contributed by atoms with E-state index in [1.54, 1.807) is 12.1 Å². The fourth-order valence-corrected chi connectivity index (χ4v) is 4.82. The Balaban J connectivity index is 1.47. The highest BCUT2D eigenvalue weighted by molar-refractivity contribution is 5.64. The van der Waals surface area contributed by atoms with Gasteiger partial charge in [-0.3, -0.25) is 0 Å². The number of phenolic OH excluding ortho intramolecular Hbond substituents is 1. The van der Waals surface area contributed by atoms with Crippen molar-refractivity contribution in [2.75, 3.05) is 0 Å². The van der Waals surface area contributed by atoms with Gasteiger partial charge in [-0.15, -0.1) is 0 Å². The van der Waals surface area contributed by atoms with Crippen molar-refractivity contribution in [1.82, 2.24) is 0 Å². The molecule has 0 aliphatic heterocycles. The van der Waals surface area contributed by atoms with Crippen LogP contribution in [0.2, 0.25) is 0 Å². The van der Waals surface area contributed by atoms with Gasteiger partial charge >= 0.3 is 6.11 Å². The van der Waals surface area contributed by atoms with Gasteiger partial charge in [0, 0.05) is 11.6 Å². The quantitative estimate of drug-likeness (QED) is 0.392. The highest BCUT2D eigenvalue weighted by Crippen LogP contribution is 2.40. The number of alkyl halides is 2. The van der Waals surface area contributed by atoms with Crippen molar-refractivity contribution in [3.63, 3.8) is 0 Å². The van der Waals surface area contributed by atoms with E-state index in [4.69, 9.17) is 4.74 Å². The van der Waals surface area contributed by atoms with E-state index in [1.165, 1.54) is 63.6 Å². The van der Waals surface area contributed by atoms with Crippen molar-refractivity contribution in [3.8, 4) is 22.6 Å². The normalized spacial score (nSPS) is 18.6. The van der Waals surface area contributed by atoms with Gasteiger partial charge in [0.1, 0.15) is 5.82 Å². The third-order valence-corrected chi connectivity index (χ3v) is 7.37. The lowest BCUT2D eigenvalue weighted by Gasteiger charge is -2.28. The molecule has 1 N–H and O–H groups in total. The van der Waals surface area contributed by atoms with Crippen molar-refractivity contribution in [2.24, 2.45) is 5.92 Å². The van der Waals surface area contributed by atoms with Gasteiger partial charge in [-0.1, -0.05) is 49.7 Å². The molecule has 0 spiro atoms. The molecule has 1 aliphatic rings. The maximum absolute atomic E-state index is 14.8. The highest BCUT2D eigenvalue weighted by Gasteiger charge is 2.36. The average Bonchev–Trinajstić information content (AvgIpc) is 2.86. The predicted octanol–water partition coefficient (Wildman–Crippen LogP) is 8.63. The van der Waals surface area contributed by atoms with Gasteiger partial charge in [0.15, 0.2) is 11.5 Å². The van der Waals surface area contributed by atoms with Gasteiger partial charge in [0.2, 0.25) is 0 Å². The van der Waals surface area contributed by atoms with Gasteiger partial charge < -0.3 is 9.84 Å². The Labute approximate surface area is 199 Å². The lowest BCUT2D eigenvalue weighted by molar-refractivity contribution is -0.186. The van der Waals surface area contributed by atoms with Crippen LogP contribution in [0.4, 0.5) is 13.2 Å². The minimum atomic E-state index is -3.73. The lowest BCUT2D eigenvalue weighted by atomic mass is 9.77. The van der Waals surface area contributed by atoms with Crippen molar-refractivity contribution in [2.45, 2.75) is 64.9 Å². The third-order valence-electron chi connectivity index (χ3n) is 7.37. The van der Waals surface area contributed by atoms with E-state index in [0.717, 1.165) is 23.1 Å². The SMILES string of the molecule is CCC1CCC(c2ccc(-c3ccc(C(F)(F)Oc4cc(F)c(C)c(C)c4O)cc3)cc2)CC1. The summed E-state index contributed by atoms with van der Waals surface area (Å²) in [6, 6.07) is 15.0. The zero-order chi connectivity index (χ0) is 24.5. The molecular weight excluding hydrogens is 437 g/mol. The van der Waals surface area contributed by atoms with E-state index >= 15 is 0 Å². The fraction of sp³-hybridized carbons (Fsp3) is 0.379. The first-order valence-electron chi connectivity index (χ1n) is 12.0. The largest absolute Gasteiger partial charge is 0.504 e. The summed E-state index contributed by atoms with van der Waals surface area (Å²) in [5.74, 6) is -0.328. The van der Waals surface area contributed by atoms with E-state index in [9.17, 15) is 18.3 Å². The van der Waals surface area contributed by atoms with E-state index in [1.807, 2.05) is 12.1 Å². The zero-order valence-corrected chi connectivity index (χ0v) is 19.9. The Morgan fingerprint density at radius 3 is 2.00 bits per heavy atom. The number of phenols is 1. The van der Waals surface area contributed by atoms with E-state index in [0.29, 0.717) is 5.92 Å². The van der Waals surface area contributed by atoms with E-state index < -0.39 is 23.4 Å². The summed E-state index contributed by atoms with van der Waals surface area (Å²) in [6.07, 6.45) is 2.55. The first-order chi connectivity index (χ1) is 16.2. The molecule has 0 amide bonds. The van der Waals surface area contributed by atoms with Gasteiger partial charge in [-0.2, -0.15) is 8.78 Å². The van der Waals surface area contributed by atoms with Crippen LogP contribution in [-0.2, 0) is 6.11 Å². The Morgan fingerprint density at radius 2 is 1.44 bits per heavy atom. The van der Waals surface area contributed by atoms with Crippen LogP contribution in [0, 0.1) is 25.6 Å². The second-order valence-corrected chi connectivity index (χ2v) is 9.40. The molecule has 3 aromatic rings. The smallest absolute Gasteiger partial charge is 0.426 e. The monoisotopic (exact) mass is 468 g/mol. The van der Waals surface area contributed by atoms with Gasteiger partial charge in [-0.05, 0) is 85.8 Å². The molecule has 34 heavy (non-hydrogen) atoms. The number of halogens is 3. The number of hydrogen-bond donors (Lipinski definition) is 1. The standard InChI is InChI=1S/C29H31F3O2/c1-4-20-5-7-21(8-6-20)22-9-11-23(12-10-22)24-13-15-25(16-14-24)29(31,32)34-27-17-26(30)18(2)19(3)28(27)33/h9-17,20-21,33H,4-8H2,1-3H3. The summed E-state index contributed by atoms with van der Waals surface area (Å²) in [5.41, 5.74) is 3.10. The van der Waals surface area contributed by atoms with Crippen molar-refractivity contribution >= 4 is 0 Å². The molecule has 4 rings (SSSR count). The molecule has 0 bridgehead atoms. The summed E-state index contributed by atoms with van der Waals surface area (Å²) in [5, 5.41) is 10.1. The zero-order valence-electron chi connectivity index (χ0n) is 19.9. The Morgan fingerprint density at radius 1 is 0.882 bits per heavy atom. The van der Waals surface area contributed by atoms with Crippen molar-refractivity contribution in [1.29, 1.82) is 0 Å². The first kappa shape index (κ1) is 24.2. The van der Waals surface area contributed by atoms with E-state index in [2.05, 4.69) is 19.1 Å². The highest BCUT2D eigenvalue weighted by atomic mass is 19.3. The van der Waals surface area contributed by atoms with Gasteiger partial charge in [0.05, 0.1) is 5.56 Å². The Kier molecular flexibility index (Phi) is 6.92. The Bertz CT molecular complexity index is 1130. The molecule has 2 nitrogen and oxygen atoms in total. The molecule has 0 saturated heterocycles. The molecule has 1 aliphatic carbocycles. The van der Waals surface area contributed by atoms with Crippen LogP contribution in [0.15, 0.2) is 54.6 Å². The molecule has 0 aromatic heterocycles. The average molecular weight is 469 g/mol. The molecule has 1 saturated carbocycles. The van der Waals surface area contributed by atoms with Gasteiger partial charge in [-0.25, -0.2) is 4.39 Å². The molecule has 1 fully saturated rings. The minimum absolute atomic E-state index is 0.169. The van der Waals surface area contributed by atoms with Crippen LogP contribution < -0.4 is 4.74 Å². The molecule has 0 atom stereocenters. The summed E-state index contributed by atoms with van der Waals surface area (Å²) in [6.45, 7) is 5.18. The minimum Gasteiger partial charge on any atom is -0.504 e. The second kappa shape index (κ2) is 9.73. The maximum atomic E-state index is 14.8. The summed E-state index contributed by atoms with van der Waals surface area (Å²) in [7, 11) is 0. The molecule has 0 radical (unpaired) electrons. The van der Waals surface area contributed by atoms with Crippen molar-refractivity contribution < 1.29 is 23.0 Å². The van der Waals surface area contributed by atoms with E-state index in [-0.39, 0.29) is 16.7 Å². The van der Waals surface area contributed by atoms with Crippen LogP contribution in [0.1, 0.15) is 67.2 Å². The van der Waals surface area contributed by atoms with Crippen LogP contribution >= 0.6 is 0 Å². The van der Waals surface area contributed by atoms with Crippen LogP contribution in [-0.4, -0.2) is 5.11 Å². The summed E-state index contributed by atoms with van der Waals surface area (Å²) in [4.78, 5) is 0. The molecule has 180 valence electrons. The topological polar surface area (TPSA) is 29.5 Å². The third kappa shape index (κ3) is 4.94. The molecule has 5 heteroatoms.